The van der Waals surface area contributed by atoms with E-state index in [1.165, 1.54) is 12.8 Å². The van der Waals surface area contributed by atoms with Gasteiger partial charge in [-0.2, -0.15) is 5.26 Å². The molecule has 0 fully saturated rings. The maximum atomic E-state index is 8.00. The first-order valence-corrected chi connectivity index (χ1v) is 3.03. The predicted octanol–water partition coefficient (Wildman–Crippen LogP) is -1.64. The zero-order chi connectivity index (χ0) is 6.24. The topological polar surface area (TPSA) is 35.8 Å². The smallest absolute Gasteiger partial charge is 1.00 e. The number of nitrogens with one attached hydrogen (secondary N) is 1. The van der Waals surface area contributed by atoms with E-state index in [1.54, 1.807) is 0 Å². The van der Waals surface area contributed by atoms with Gasteiger partial charge in [-0.1, -0.05) is 19.8 Å². The summed E-state index contributed by atoms with van der Waals surface area (Å²) < 4.78 is 0. The molecule has 0 rings (SSSR count). The van der Waals surface area contributed by atoms with Crippen LogP contribution in [0.25, 0.3) is 0 Å². The quantitative estimate of drug-likeness (QED) is 0.218. The van der Waals surface area contributed by atoms with Crippen LogP contribution in [-0.4, -0.2) is 6.54 Å². The van der Waals surface area contributed by atoms with E-state index in [4.69, 9.17) is 5.26 Å². The SMILES string of the molecule is CCCCCNC#N.[H-].[Na+]. The normalized spacial score (nSPS) is 7.11. The van der Waals surface area contributed by atoms with Crippen molar-refractivity contribution in [3.8, 4) is 6.19 Å². The summed E-state index contributed by atoms with van der Waals surface area (Å²) in [5.41, 5.74) is 0. The van der Waals surface area contributed by atoms with Crippen molar-refractivity contribution >= 4 is 0 Å². The van der Waals surface area contributed by atoms with Gasteiger partial charge in [-0.05, 0) is 6.42 Å². The minimum atomic E-state index is 0. The average Bonchev–Trinajstić information content (AvgIpc) is 1.81. The van der Waals surface area contributed by atoms with Gasteiger partial charge in [0.2, 0.25) is 0 Å². The Morgan fingerprint density at radius 2 is 2.22 bits per heavy atom. The van der Waals surface area contributed by atoms with Crippen LogP contribution < -0.4 is 34.9 Å². The van der Waals surface area contributed by atoms with Crippen molar-refractivity contribution in [3.05, 3.63) is 0 Å². The summed E-state index contributed by atoms with van der Waals surface area (Å²) in [6.07, 6.45) is 5.42. The van der Waals surface area contributed by atoms with E-state index in [1.807, 2.05) is 6.19 Å². The Bertz CT molecular complexity index is 82.3. The molecule has 0 unspecified atom stereocenters. The first kappa shape index (κ1) is 12.0. The molecule has 9 heavy (non-hydrogen) atoms. The third kappa shape index (κ3) is 11.7. The second-order valence-corrected chi connectivity index (χ2v) is 1.75. The van der Waals surface area contributed by atoms with Crippen molar-refractivity contribution in [1.82, 2.24) is 5.32 Å². The minimum absolute atomic E-state index is 0. The van der Waals surface area contributed by atoms with Crippen molar-refractivity contribution in [1.29, 1.82) is 5.26 Å². The van der Waals surface area contributed by atoms with Gasteiger partial charge in [0.1, 0.15) is 0 Å². The van der Waals surface area contributed by atoms with Gasteiger partial charge < -0.3 is 6.74 Å². The number of rotatable bonds is 4. The van der Waals surface area contributed by atoms with Crippen molar-refractivity contribution in [3.63, 3.8) is 0 Å². The molecule has 0 aliphatic heterocycles. The zero-order valence-corrected chi connectivity index (χ0v) is 8.28. The summed E-state index contributed by atoms with van der Waals surface area (Å²) >= 11 is 0. The summed E-state index contributed by atoms with van der Waals surface area (Å²) in [6.45, 7) is 2.98. The van der Waals surface area contributed by atoms with Gasteiger partial charge in [-0.15, -0.1) is 0 Å². The Morgan fingerprint density at radius 3 is 2.67 bits per heavy atom. The van der Waals surface area contributed by atoms with Gasteiger partial charge in [-0.3, -0.25) is 0 Å². The molecule has 0 bridgehead atoms. The summed E-state index contributed by atoms with van der Waals surface area (Å²) in [5.74, 6) is 0. The third-order valence-electron chi connectivity index (χ3n) is 0.984. The maximum Gasteiger partial charge on any atom is 1.00 e. The first-order valence-electron chi connectivity index (χ1n) is 3.03. The minimum Gasteiger partial charge on any atom is -1.00 e. The van der Waals surface area contributed by atoms with E-state index in [-0.39, 0.29) is 31.0 Å². The molecule has 2 nitrogen and oxygen atoms in total. The monoisotopic (exact) mass is 136 g/mol. The second kappa shape index (κ2) is 11.1. The average molecular weight is 136 g/mol. The molecule has 0 saturated heterocycles. The molecule has 0 spiro atoms. The van der Waals surface area contributed by atoms with Crippen molar-refractivity contribution in [2.45, 2.75) is 26.2 Å². The van der Waals surface area contributed by atoms with E-state index >= 15 is 0 Å². The van der Waals surface area contributed by atoms with Crippen molar-refractivity contribution < 1.29 is 31.0 Å². The van der Waals surface area contributed by atoms with Gasteiger partial charge >= 0.3 is 29.6 Å². The molecule has 1 N–H and O–H groups in total. The van der Waals surface area contributed by atoms with Crippen LogP contribution in [0.4, 0.5) is 0 Å². The molecule has 48 valence electrons. The molecule has 0 heterocycles. The number of hydrogen-bond acceptors (Lipinski definition) is 2. The predicted molar refractivity (Wildman–Crippen MR) is 34.3 cm³/mol. The van der Waals surface area contributed by atoms with Crippen LogP contribution in [0.2, 0.25) is 0 Å². The molecule has 0 aromatic carbocycles. The van der Waals surface area contributed by atoms with Gasteiger partial charge in [-0.25, -0.2) is 0 Å². The summed E-state index contributed by atoms with van der Waals surface area (Å²) in [6, 6.07) is 0. The third-order valence-corrected chi connectivity index (χ3v) is 0.984. The molecule has 0 saturated carbocycles. The summed E-state index contributed by atoms with van der Waals surface area (Å²) in [5, 5.41) is 10.6. The molecule has 0 aromatic heterocycles. The fourth-order valence-electron chi connectivity index (χ4n) is 0.519. The Morgan fingerprint density at radius 1 is 1.56 bits per heavy atom. The fourth-order valence-corrected chi connectivity index (χ4v) is 0.519. The number of nitriles is 1. The van der Waals surface area contributed by atoms with Gasteiger partial charge in [0, 0.05) is 6.54 Å². The molecule has 0 radical (unpaired) electrons. The van der Waals surface area contributed by atoms with Crippen LogP contribution in [-0.2, 0) is 0 Å². The second-order valence-electron chi connectivity index (χ2n) is 1.75. The van der Waals surface area contributed by atoms with E-state index in [0.717, 1.165) is 13.0 Å². The van der Waals surface area contributed by atoms with Gasteiger partial charge in [0.05, 0.1) is 0 Å². The van der Waals surface area contributed by atoms with Crippen molar-refractivity contribution in [2.24, 2.45) is 0 Å². The van der Waals surface area contributed by atoms with Gasteiger partial charge in [0.25, 0.3) is 0 Å². The molecule has 0 aromatic rings. The standard InChI is InChI=1S/C6H12N2.Na.H/c1-2-3-4-5-8-6-7;;/h8H,2-5H2,1H3;;/q;+1;-1. The molecule has 0 atom stereocenters. The van der Waals surface area contributed by atoms with Crippen LogP contribution in [0, 0.1) is 11.5 Å². The Balaban J connectivity index is -0.000000245. The number of hydrogen-bond donors (Lipinski definition) is 1. The van der Waals surface area contributed by atoms with Crippen LogP contribution >= 0.6 is 0 Å². The molecule has 0 aliphatic rings. The van der Waals surface area contributed by atoms with Crippen LogP contribution in [0.5, 0.6) is 0 Å². The molecule has 0 amide bonds. The van der Waals surface area contributed by atoms with E-state index in [9.17, 15) is 0 Å². The van der Waals surface area contributed by atoms with Crippen LogP contribution in [0.15, 0.2) is 0 Å². The maximum absolute atomic E-state index is 8.00. The Hall–Kier alpha value is 0.290. The van der Waals surface area contributed by atoms with E-state index in [2.05, 4.69) is 12.2 Å². The molecule has 3 heteroatoms. The summed E-state index contributed by atoms with van der Waals surface area (Å²) in [4.78, 5) is 0. The summed E-state index contributed by atoms with van der Waals surface area (Å²) in [7, 11) is 0. The molecular weight excluding hydrogens is 123 g/mol. The molecule has 0 aliphatic carbocycles. The zero-order valence-electron chi connectivity index (χ0n) is 7.28. The Labute approximate surface area is 80.4 Å². The largest absolute Gasteiger partial charge is 1.00 e. The first-order chi connectivity index (χ1) is 3.91. The van der Waals surface area contributed by atoms with Crippen molar-refractivity contribution in [2.75, 3.05) is 6.54 Å². The van der Waals surface area contributed by atoms with Crippen LogP contribution in [0.3, 0.4) is 0 Å². The Kier molecular flexibility index (Phi) is 14.9. The van der Waals surface area contributed by atoms with E-state index in [0.29, 0.717) is 0 Å². The fraction of sp³-hybridized carbons (Fsp3) is 0.833. The van der Waals surface area contributed by atoms with Gasteiger partial charge in [0.15, 0.2) is 6.19 Å². The molecular formula is C6H13N2Na. The van der Waals surface area contributed by atoms with Crippen LogP contribution in [0.1, 0.15) is 27.6 Å². The number of nitrogens with zero attached hydrogens (tertiary/aromatic N) is 1. The number of unbranched alkanes of at least 4 members (excludes halogenated alkanes) is 2. The van der Waals surface area contributed by atoms with E-state index < -0.39 is 0 Å².